The molecule has 90 valence electrons. The van der Waals surface area contributed by atoms with Gasteiger partial charge < -0.3 is 0 Å². The second-order valence-electron chi connectivity index (χ2n) is 4.92. The molecule has 3 rings (SSSR count). The third-order valence-electron chi connectivity index (χ3n) is 3.52. The van der Waals surface area contributed by atoms with E-state index in [0.717, 1.165) is 12.0 Å². The van der Waals surface area contributed by atoms with E-state index in [4.69, 9.17) is 0 Å². The largest absolute Gasteiger partial charge is 0.207 e. The lowest BCUT2D eigenvalue weighted by Crippen LogP contribution is -1.98. The number of rotatable bonds is 1. The van der Waals surface area contributed by atoms with Crippen molar-refractivity contribution in [3.05, 3.63) is 82.7 Å². The normalized spacial score (nSPS) is 21.9. The summed E-state index contributed by atoms with van der Waals surface area (Å²) in [6.45, 7) is 2.16. The Labute approximate surface area is 107 Å². The van der Waals surface area contributed by atoms with Crippen LogP contribution in [0.1, 0.15) is 24.8 Å². The van der Waals surface area contributed by atoms with Crippen molar-refractivity contribution in [3.8, 4) is 0 Å². The molecule has 0 aromatic heterocycles. The molecule has 0 heterocycles. The van der Waals surface area contributed by atoms with E-state index in [-0.39, 0.29) is 11.7 Å². The van der Waals surface area contributed by atoms with Gasteiger partial charge in [-0.25, -0.2) is 4.39 Å². The highest BCUT2D eigenvalue weighted by Crippen LogP contribution is 2.38. The Morgan fingerprint density at radius 3 is 2.67 bits per heavy atom. The van der Waals surface area contributed by atoms with E-state index in [2.05, 4.69) is 37.3 Å². The molecule has 0 saturated heterocycles. The van der Waals surface area contributed by atoms with E-state index < -0.39 is 0 Å². The fraction of sp³-hybridized carbons (Fsp3) is 0.176. The summed E-state index contributed by atoms with van der Waals surface area (Å²) in [5, 5.41) is 0. The third kappa shape index (κ3) is 1.97. The molecule has 0 radical (unpaired) electrons. The van der Waals surface area contributed by atoms with Gasteiger partial charge in [0.05, 0.1) is 0 Å². The Kier molecular flexibility index (Phi) is 2.75. The number of hydrogen-bond acceptors (Lipinski definition) is 0. The van der Waals surface area contributed by atoms with Crippen LogP contribution in [-0.2, 0) is 0 Å². The van der Waals surface area contributed by atoms with Gasteiger partial charge in [0.25, 0.3) is 0 Å². The zero-order chi connectivity index (χ0) is 12.5. The molecule has 1 unspecified atom stereocenters. The first-order valence-corrected chi connectivity index (χ1v) is 6.24. The summed E-state index contributed by atoms with van der Waals surface area (Å²) < 4.78 is 13.0. The van der Waals surface area contributed by atoms with Crippen LogP contribution >= 0.6 is 0 Å². The summed E-state index contributed by atoms with van der Waals surface area (Å²) in [6.07, 6.45) is 11.8. The lowest BCUT2D eigenvalue weighted by molar-refractivity contribution is 0.627. The molecule has 1 heteroatoms. The van der Waals surface area contributed by atoms with Crippen LogP contribution in [0.15, 0.2) is 71.4 Å². The molecule has 0 aliphatic heterocycles. The number of halogens is 1. The quantitative estimate of drug-likeness (QED) is 0.666. The lowest BCUT2D eigenvalue weighted by atomic mass is 9.90. The van der Waals surface area contributed by atoms with Gasteiger partial charge in [0, 0.05) is 5.92 Å². The maximum atomic E-state index is 13.0. The molecule has 1 atom stereocenters. The monoisotopic (exact) mass is 238 g/mol. The molecular formula is C17H15F. The van der Waals surface area contributed by atoms with Crippen LogP contribution in [0.2, 0.25) is 0 Å². The number of benzene rings is 1. The Bertz CT molecular complexity index is 583. The second kappa shape index (κ2) is 4.41. The SMILES string of the molecule is CC1=CC2=C(C=CC=CC2c2ccc(F)cc2)C1. The minimum atomic E-state index is -0.179. The van der Waals surface area contributed by atoms with Gasteiger partial charge in [-0.15, -0.1) is 0 Å². The Balaban J connectivity index is 2.05. The van der Waals surface area contributed by atoms with Crippen LogP contribution in [-0.4, -0.2) is 0 Å². The van der Waals surface area contributed by atoms with E-state index >= 15 is 0 Å². The molecular weight excluding hydrogens is 223 g/mol. The minimum absolute atomic E-state index is 0.179. The van der Waals surface area contributed by atoms with Crippen LogP contribution in [0.4, 0.5) is 4.39 Å². The van der Waals surface area contributed by atoms with Gasteiger partial charge >= 0.3 is 0 Å². The summed E-state index contributed by atoms with van der Waals surface area (Å²) >= 11 is 0. The average Bonchev–Trinajstić information content (AvgIpc) is 2.61. The van der Waals surface area contributed by atoms with Gasteiger partial charge in [0.2, 0.25) is 0 Å². The Hall–Kier alpha value is -1.89. The van der Waals surface area contributed by atoms with Crippen molar-refractivity contribution in [2.24, 2.45) is 0 Å². The Morgan fingerprint density at radius 1 is 1.11 bits per heavy atom. The highest BCUT2D eigenvalue weighted by atomic mass is 19.1. The van der Waals surface area contributed by atoms with E-state index in [1.807, 2.05) is 12.1 Å². The van der Waals surface area contributed by atoms with Crippen LogP contribution in [0.3, 0.4) is 0 Å². The molecule has 0 bridgehead atoms. The molecule has 18 heavy (non-hydrogen) atoms. The second-order valence-corrected chi connectivity index (χ2v) is 4.92. The highest BCUT2D eigenvalue weighted by Gasteiger charge is 2.20. The zero-order valence-electron chi connectivity index (χ0n) is 10.4. The third-order valence-corrected chi connectivity index (χ3v) is 3.52. The molecule has 1 aromatic rings. The maximum absolute atomic E-state index is 13.0. The lowest BCUT2D eigenvalue weighted by Gasteiger charge is -2.14. The molecule has 0 amide bonds. The van der Waals surface area contributed by atoms with Gasteiger partial charge in [0.1, 0.15) is 5.82 Å². The van der Waals surface area contributed by atoms with Crippen LogP contribution in [0.25, 0.3) is 0 Å². The summed E-state index contributed by atoms with van der Waals surface area (Å²) in [7, 11) is 0. The average molecular weight is 238 g/mol. The van der Waals surface area contributed by atoms with Gasteiger partial charge in [-0.1, -0.05) is 48.1 Å². The van der Waals surface area contributed by atoms with Gasteiger partial charge in [0.15, 0.2) is 0 Å². The molecule has 0 spiro atoms. The van der Waals surface area contributed by atoms with E-state index in [1.165, 1.54) is 28.9 Å². The number of allylic oxidation sites excluding steroid dienone is 8. The first-order valence-electron chi connectivity index (χ1n) is 6.24. The van der Waals surface area contributed by atoms with Crippen LogP contribution in [0.5, 0.6) is 0 Å². The zero-order valence-corrected chi connectivity index (χ0v) is 10.4. The first-order chi connectivity index (χ1) is 8.74. The van der Waals surface area contributed by atoms with Crippen LogP contribution in [0, 0.1) is 5.82 Å². The summed E-state index contributed by atoms with van der Waals surface area (Å²) in [6, 6.07) is 6.82. The fourth-order valence-electron chi connectivity index (χ4n) is 2.67. The maximum Gasteiger partial charge on any atom is 0.123 e. The van der Waals surface area contributed by atoms with Crippen molar-refractivity contribution < 1.29 is 4.39 Å². The van der Waals surface area contributed by atoms with Gasteiger partial charge in [-0.2, -0.15) is 0 Å². The van der Waals surface area contributed by atoms with Crippen molar-refractivity contribution in [2.75, 3.05) is 0 Å². The van der Waals surface area contributed by atoms with E-state index in [0.29, 0.717) is 0 Å². The molecule has 2 aliphatic rings. The molecule has 0 N–H and O–H groups in total. The molecule has 0 fully saturated rings. The predicted octanol–water partition coefficient (Wildman–Crippen LogP) is 4.68. The van der Waals surface area contributed by atoms with Crippen molar-refractivity contribution >= 4 is 0 Å². The topological polar surface area (TPSA) is 0 Å². The van der Waals surface area contributed by atoms with E-state index in [9.17, 15) is 4.39 Å². The van der Waals surface area contributed by atoms with Gasteiger partial charge in [-0.3, -0.25) is 0 Å². The summed E-state index contributed by atoms with van der Waals surface area (Å²) in [5.41, 5.74) is 5.28. The van der Waals surface area contributed by atoms with Crippen LogP contribution < -0.4 is 0 Å². The standard InChI is InChI=1S/C17H15F/c1-12-10-14-4-2-3-5-16(17(14)11-12)13-6-8-15(18)9-7-13/h2-9,11,16H,10H2,1H3. The van der Waals surface area contributed by atoms with Crippen molar-refractivity contribution in [1.29, 1.82) is 0 Å². The smallest absolute Gasteiger partial charge is 0.123 e. The fourth-order valence-corrected chi connectivity index (χ4v) is 2.67. The summed E-state index contributed by atoms with van der Waals surface area (Å²) in [5.74, 6) is 0.0647. The van der Waals surface area contributed by atoms with Crippen molar-refractivity contribution in [2.45, 2.75) is 19.3 Å². The van der Waals surface area contributed by atoms with E-state index in [1.54, 1.807) is 0 Å². The van der Waals surface area contributed by atoms with Gasteiger partial charge in [-0.05, 0) is 42.2 Å². The Morgan fingerprint density at radius 2 is 1.89 bits per heavy atom. The summed E-state index contributed by atoms with van der Waals surface area (Å²) in [4.78, 5) is 0. The highest BCUT2D eigenvalue weighted by molar-refractivity contribution is 5.53. The molecule has 2 aliphatic carbocycles. The predicted molar refractivity (Wildman–Crippen MR) is 72.8 cm³/mol. The number of hydrogen-bond donors (Lipinski definition) is 0. The molecule has 1 aromatic carbocycles. The minimum Gasteiger partial charge on any atom is -0.207 e. The van der Waals surface area contributed by atoms with Crippen molar-refractivity contribution in [1.82, 2.24) is 0 Å². The van der Waals surface area contributed by atoms with Crippen molar-refractivity contribution in [3.63, 3.8) is 0 Å². The first kappa shape index (κ1) is 11.2. The molecule has 0 saturated carbocycles. The molecule has 0 nitrogen and oxygen atoms in total.